The van der Waals surface area contributed by atoms with Crippen LogP contribution in [0.1, 0.15) is 13.8 Å². The van der Waals surface area contributed by atoms with Crippen molar-refractivity contribution in [2.24, 2.45) is 0 Å². The average molecular weight is 230 g/mol. The number of hydrogen-bond donors (Lipinski definition) is 2. The zero-order valence-corrected chi connectivity index (χ0v) is 9.21. The maximum Gasteiger partial charge on any atom is 0.319 e. The molecule has 0 radical (unpaired) electrons. The van der Waals surface area contributed by atoms with Gasteiger partial charge in [-0.15, -0.1) is 0 Å². The second-order valence-corrected chi connectivity index (χ2v) is 3.70. The maximum atomic E-state index is 11.3. The topological polar surface area (TPSA) is 68.1 Å². The number of pyridine rings is 1. The molecule has 0 atom stereocenters. The fourth-order valence-electron chi connectivity index (χ4n) is 0.966. The van der Waals surface area contributed by atoms with Crippen LogP contribution in [0, 0.1) is 5.21 Å². The van der Waals surface area contributed by atoms with Crippen molar-refractivity contribution in [3.63, 3.8) is 0 Å². The summed E-state index contributed by atoms with van der Waals surface area (Å²) in [6.07, 6.45) is 1.23. The summed E-state index contributed by atoms with van der Waals surface area (Å²) in [5, 5.41) is 16.1. The largest absolute Gasteiger partial charge is 0.618 e. The number of urea groups is 1. The van der Waals surface area contributed by atoms with Crippen molar-refractivity contribution in [2.75, 3.05) is 5.32 Å². The predicted octanol–water partition coefficient (Wildman–Crippen LogP) is 1.50. The molecule has 82 valence electrons. The van der Waals surface area contributed by atoms with E-state index in [9.17, 15) is 10.0 Å². The monoisotopic (exact) mass is 229 g/mol. The number of nitrogens with zero attached hydrogens (tertiary/aromatic N) is 1. The van der Waals surface area contributed by atoms with Gasteiger partial charge < -0.3 is 15.8 Å². The van der Waals surface area contributed by atoms with Crippen LogP contribution >= 0.6 is 11.6 Å². The summed E-state index contributed by atoms with van der Waals surface area (Å²) in [6, 6.07) is 2.58. The summed E-state index contributed by atoms with van der Waals surface area (Å²) >= 11 is 5.58. The van der Waals surface area contributed by atoms with Gasteiger partial charge in [-0.05, 0) is 25.4 Å². The Morgan fingerprint density at radius 3 is 2.80 bits per heavy atom. The summed E-state index contributed by atoms with van der Waals surface area (Å²) in [5.41, 5.74) is 0.477. The molecule has 1 rings (SSSR count). The number of rotatable bonds is 2. The van der Waals surface area contributed by atoms with Gasteiger partial charge in [-0.1, -0.05) is 0 Å². The Bertz CT molecular complexity index is 368. The van der Waals surface area contributed by atoms with Gasteiger partial charge >= 0.3 is 6.03 Å². The quantitative estimate of drug-likeness (QED) is 0.459. The fourth-order valence-corrected chi connectivity index (χ4v) is 1.14. The van der Waals surface area contributed by atoms with E-state index in [4.69, 9.17) is 11.6 Å². The van der Waals surface area contributed by atoms with Crippen LogP contribution in [0.3, 0.4) is 0 Å². The molecule has 0 saturated heterocycles. The Balaban J connectivity index is 2.65. The Kier molecular flexibility index (Phi) is 3.74. The molecule has 0 aliphatic carbocycles. The molecule has 1 heterocycles. The summed E-state index contributed by atoms with van der Waals surface area (Å²) in [7, 11) is 0. The molecule has 0 aliphatic rings. The van der Waals surface area contributed by atoms with Crippen LogP contribution in [0.15, 0.2) is 18.3 Å². The first-order chi connectivity index (χ1) is 6.99. The number of carbonyl (C=O) groups excluding carboxylic acids is 1. The molecule has 0 unspecified atom stereocenters. The molecule has 0 fully saturated rings. The molecule has 0 bridgehead atoms. The number of anilines is 1. The van der Waals surface area contributed by atoms with Crippen LogP contribution in [0.5, 0.6) is 0 Å². The standard InChI is InChI=1S/C9H12ClN3O2/c1-6(2)11-9(14)12-7-3-4-13(15)8(10)5-7/h3-6H,1-2H3,(H2,11,12,14). The minimum absolute atomic E-state index is 0.0114. The van der Waals surface area contributed by atoms with E-state index >= 15 is 0 Å². The van der Waals surface area contributed by atoms with E-state index in [1.54, 1.807) is 0 Å². The minimum Gasteiger partial charge on any atom is -0.618 e. The third-order valence-electron chi connectivity index (χ3n) is 1.55. The molecule has 15 heavy (non-hydrogen) atoms. The van der Waals surface area contributed by atoms with Gasteiger partial charge in [-0.3, -0.25) is 0 Å². The molecular weight excluding hydrogens is 218 g/mol. The Morgan fingerprint density at radius 2 is 2.27 bits per heavy atom. The number of nitrogens with one attached hydrogen (secondary N) is 2. The van der Waals surface area contributed by atoms with Gasteiger partial charge in [0.25, 0.3) is 5.15 Å². The molecule has 6 heteroatoms. The molecule has 0 aliphatic heterocycles. The molecule has 1 aromatic heterocycles. The highest BCUT2D eigenvalue weighted by molar-refractivity contribution is 6.28. The van der Waals surface area contributed by atoms with Crippen LogP contribution in [0.4, 0.5) is 10.5 Å². The SMILES string of the molecule is CC(C)NC(=O)Nc1cc[n+]([O-])c(Cl)c1. The number of halogens is 1. The number of amides is 2. The lowest BCUT2D eigenvalue weighted by Crippen LogP contribution is -2.34. The van der Waals surface area contributed by atoms with E-state index in [0.29, 0.717) is 10.4 Å². The molecular formula is C9H12ClN3O2. The van der Waals surface area contributed by atoms with Gasteiger partial charge in [0, 0.05) is 18.2 Å². The normalized spacial score (nSPS) is 10.1. The zero-order valence-electron chi connectivity index (χ0n) is 8.45. The molecule has 1 aromatic rings. The zero-order chi connectivity index (χ0) is 11.4. The number of hydrogen-bond acceptors (Lipinski definition) is 2. The first-order valence-corrected chi connectivity index (χ1v) is 4.83. The van der Waals surface area contributed by atoms with E-state index in [1.807, 2.05) is 13.8 Å². The van der Waals surface area contributed by atoms with Crippen LogP contribution in [0.2, 0.25) is 5.15 Å². The van der Waals surface area contributed by atoms with Gasteiger partial charge in [0.2, 0.25) is 0 Å². The smallest absolute Gasteiger partial charge is 0.319 e. The van der Waals surface area contributed by atoms with Crippen molar-refractivity contribution in [1.82, 2.24) is 5.32 Å². The van der Waals surface area contributed by atoms with Gasteiger partial charge in [0.05, 0.1) is 5.69 Å². The van der Waals surface area contributed by atoms with Crippen molar-refractivity contribution >= 4 is 23.3 Å². The number of carbonyl (C=O) groups is 1. The molecule has 2 N–H and O–H groups in total. The third-order valence-corrected chi connectivity index (χ3v) is 1.83. The average Bonchev–Trinajstić information content (AvgIpc) is 2.10. The first-order valence-electron chi connectivity index (χ1n) is 4.45. The van der Waals surface area contributed by atoms with E-state index < -0.39 is 0 Å². The minimum atomic E-state index is -0.329. The molecule has 0 aromatic carbocycles. The van der Waals surface area contributed by atoms with Crippen LogP contribution < -0.4 is 15.4 Å². The molecule has 2 amide bonds. The van der Waals surface area contributed by atoms with Crippen molar-refractivity contribution in [1.29, 1.82) is 0 Å². The van der Waals surface area contributed by atoms with E-state index in [0.717, 1.165) is 0 Å². The van der Waals surface area contributed by atoms with Crippen molar-refractivity contribution in [2.45, 2.75) is 19.9 Å². The highest BCUT2D eigenvalue weighted by Crippen LogP contribution is 2.10. The molecule has 5 nitrogen and oxygen atoms in total. The molecule has 0 saturated carbocycles. The van der Waals surface area contributed by atoms with Gasteiger partial charge in [-0.2, -0.15) is 4.73 Å². The van der Waals surface area contributed by atoms with Crippen molar-refractivity contribution < 1.29 is 9.52 Å². The highest BCUT2D eigenvalue weighted by atomic mass is 35.5. The summed E-state index contributed by atoms with van der Waals surface area (Å²) in [5.74, 6) is 0. The molecule has 0 spiro atoms. The first kappa shape index (κ1) is 11.6. The maximum absolute atomic E-state index is 11.3. The van der Waals surface area contributed by atoms with E-state index in [-0.39, 0.29) is 17.2 Å². The third kappa shape index (κ3) is 3.63. The fraction of sp³-hybridized carbons (Fsp3) is 0.333. The van der Waals surface area contributed by atoms with Gasteiger partial charge in [-0.25, -0.2) is 4.79 Å². The lowest BCUT2D eigenvalue weighted by atomic mass is 10.4. The Labute approximate surface area is 92.6 Å². The van der Waals surface area contributed by atoms with Gasteiger partial charge in [0.1, 0.15) is 0 Å². The lowest BCUT2D eigenvalue weighted by molar-refractivity contribution is -0.602. The van der Waals surface area contributed by atoms with E-state index in [1.165, 1.54) is 18.3 Å². The Hall–Kier alpha value is -1.49. The Morgan fingerprint density at radius 1 is 1.60 bits per heavy atom. The summed E-state index contributed by atoms with van der Waals surface area (Å²) in [4.78, 5) is 11.3. The van der Waals surface area contributed by atoms with Crippen molar-refractivity contribution in [3.05, 3.63) is 28.7 Å². The van der Waals surface area contributed by atoms with Crippen LogP contribution in [-0.4, -0.2) is 12.1 Å². The van der Waals surface area contributed by atoms with Crippen molar-refractivity contribution in [3.8, 4) is 0 Å². The second-order valence-electron chi connectivity index (χ2n) is 3.32. The van der Waals surface area contributed by atoms with Crippen LogP contribution in [-0.2, 0) is 0 Å². The summed E-state index contributed by atoms with van der Waals surface area (Å²) in [6.45, 7) is 3.70. The van der Waals surface area contributed by atoms with Gasteiger partial charge in [0.15, 0.2) is 6.20 Å². The van der Waals surface area contributed by atoms with E-state index in [2.05, 4.69) is 10.6 Å². The highest BCUT2D eigenvalue weighted by Gasteiger charge is 2.07. The lowest BCUT2D eigenvalue weighted by Gasteiger charge is -2.09. The predicted molar refractivity (Wildman–Crippen MR) is 57.7 cm³/mol. The summed E-state index contributed by atoms with van der Waals surface area (Å²) < 4.78 is 0.507. The van der Waals surface area contributed by atoms with Crippen LogP contribution in [0.25, 0.3) is 0 Å². The second kappa shape index (κ2) is 4.84. The number of aromatic nitrogens is 1.